The van der Waals surface area contributed by atoms with Crippen molar-refractivity contribution >= 4 is 11.6 Å². The highest BCUT2D eigenvalue weighted by molar-refractivity contribution is 5.98. The summed E-state index contributed by atoms with van der Waals surface area (Å²) >= 11 is 0. The molecular formula is C13H21N5O. The topological polar surface area (TPSA) is 83.3 Å². The number of nitrogens with zero attached hydrogens (tertiary/aromatic N) is 2. The standard InChI is InChI=1S/C13H21N5O/c1-9-4-3-5-10(2)18(9)17-13(19)11-8-15-7-6-12(11)16-14/h6-10H,3-5,14H2,1-2H3,(H,15,16)(H,17,19). The normalized spacial score (nSPS) is 23.9. The zero-order chi connectivity index (χ0) is 13.8. The van der Waals surface area contributed by atoms with E-state index in [1.807, 2.05) is 5.01 Å². The van der Waals surface area contributed by atoms with Crippen LogP contribution in [0.3, 0.4) is 0 Å². The number of piperidine rings is 1. The number of carbonyl (C=O) groups excluding carboxylic acids is 1. The van der Waals surface area contributed by atoms with Gasteiger partial charge in [0.2, 0.25) is 0 Å². The number of aromatic nitrogens is 1. The Labute approximate surface area is 113 Å². The van der Waals surface area contributed by atoms with E-state index in [9.17, 15) is 4.79 Å². The second-order valence-electron chi connectivity index (χ2n) is 5.04. The smallest absolute Gasteiger partial charge is 0.269 e. The molecule has 0 saturated carbocycles. The predicted octanol–water partition coefficient (Wildman–Crippen LogP) is 1.27. The molecule has 1 aromatic rings. The van der Waals surface area contributed by atoms with Crippen LogP contribution in [0, 0.1) is 0 Å². The molecule has 0 aliphatic carbocycles. The van der Waals surface area contributed by atoms with Gasteiger partial charge < -0.3 is 5.43 Å². The van der Waals surface area contributed by atoms with E-state index in [1.54, 1.807) is 12.3 Å². The van der Waals surface area contributed by atoms with Gasteiger partial charge in [0.15, 0.2) is 0 Å². The van der Waals surface area contributed by atoms with Gasteiger partial charge in [0.25, 0.3) is 5.91 Å². The van der Waals surface area contributed by atoms with Crippen LogP contribution >= 0.6 is 0 Å². The number of carbonyl (C=O) groups is 1. The van der Waals surface area contributed by atoms with E-state index in [2.05, 4.69) is 29.7 Å². The van der Waals surface area contributed by atoms with Gasteiger partial charge in [-0.3, -0.25) is 21.0 Å². The number of pyridine rings is 1. The molecule has 6 nitrogen and oxygen atoms in total. The maximum absolute atomic E-state index is 12.3. The van der Waals surface area contributed by atoms with E-state index in [-0.39, 0.29) is 5.91 Å². The maximum Gasteiger partial charge on any atom is 0.269 e. The molecule has 19 heavy (non-hydrogen) atoms. The zero-order valence-electron chi connectivity index (χ0n) is 11.4. The number of rotatable bonds is 3. The van der Waals surface area contributed by atoms with Crippen molar-refractivity contribution in [3.63, 3.8) is 0 Å². The summed E-state index contributed by atoms with van der Waals surface area (Å²) in [6, 6.07) is 2.37. The number of amides is 1. The predicted molar refractivity (Wildman–Crippen MR) is 74.1 cm³/mol. The largest absolute Gasteiger partial charge is 0.323 e. The zero-order valence-corrected chi connectivity index (χ0v) is 11.4. The van der Waals surface area contributed by atoms with Gasteiger partial charge in [-0.25, -0.2) is 5.01 Å². The Balaban J connectivity index is 2.11. The van der Waals surface area contributed by atoms with Crippen LogP contribution in [-0.2, 0) is 0 Å². The molecule has 0 bridgehead atoms. The third-order valence-corrected chi connectivity index (χ3v) is 3.65. The number of nitrogen functional groups attached to an aromatic ring is 1. The molecule has 4 N–H and O–H groups in total. The second-order valence-corrected chi connectivity index (χ2v) is 5.04. The summed E-state index contributed by atoms with van der Waals surface area (Å²) in [5.41, 5.74) is 6.51. The van der Waals surface area contributed by atoms with Gasteiger partial charge in [0, 0.05) is 24.5 Å². The minimum atomic E-state index is -0.179. The van der Waals surface area contributed by atoms with Crippen LogP contribution in [0.2, 0.25) is 0 Å². The van der Waals surface area contributed by atoms with Crippen molar-refractivity contribution in [2.45, 2.75) is 45.2 Å². The lowest BCUT2D eigenvalue weighted by Crippen LogP contribution is -2.54. The lowest BCUT2D eigenvalue weighted by molar-refractivity contribution is 0.0370. The Hall–Kier alpha value is -1.66. The summed E-state index contributed by atoms with van der Waals surface area (Å²) in [4.78, 5) is 16.3. The number of nitrogens with one attached hydrogen (secondary N) is 2. The van der Waals surface area contributed by atoms with Crippen molar-refractivity contribution in [3.8, 4) is 0 Å². The quantitative estimate of drug-likeness (QED) is 0.565. The molecule has 2 unspecified atom stereocenters. The highest BCUT2D eigenvalue weighted by atomic mass is 16.2. The summed E-state index contributed by atoms with van der Waals surface area (Å²) in [5, 5.41) is 2.03. The number of anilines is 1. The fourth-order valence-corrected chi connectivity index (χ4v) is 2.52. The first-order chi connectivity index (χ1) is 9.13. The molecule has 104 valence electrons. The lowest BCUT2D eigenvalue weighted by Gasteiger charge is -2.38. The first kappa shape index (κ1) is 13.8. The molecule has 1 fully saturated rings. The summed E-state index contributed by atoms with van der Waals surface area (Å²) in [5.74, 6) is 5.23. The monoisotopic (exact) mass is 263 g/mol. The molecule has 1 amide bonds. The number of hydrazine groups is 2. The van der Waals surface area contributed by atoms with Crippen LogP contribution in [-0.4, -0.2) is 28.0 Å². The molecule has 1 aliphatic heterocycles. The van der Waals surface area contributed by atoms with E-state index in [0.717, 1.165) is 12.8 Å². The van der Waals surface area contributed by atoms with Crippen molar-refractivity contribution < 1.29 is 4.79 Å². The molecule has 2 heterocycles. The van der Waals surface area contributed by atoms with E-state index in [4.69, 9.17) is 5.84 Å². The van der Waals surface area contributed by atoms with Gasteiger partial charge in [0.1, 0.15) is 0 Å². The minimum absolute atomic E-state index is 0.179. The molecule has 6 heteroatoms. The van der Waals surface area contributed by atoms with Crippen LogP contribution in [0.25, 0.3) is 0 Å². The Kier molecular flexibility index (Phi) is 4.34. The molecule has 0 aromatic carbocycles. The maximum atomic E-state index is 12.3. The summed E-state index contributed by atoms with van der Waals surface area (Å²) in [6.07, 6.45) is 6.51. The van der Waals surface area contributed by atoms with Crippen LogP contribution in [0.4, 0.5) is 5.69 Å². The van der Waals surface area contributed by atoms with E-state index in [1.165, 1.54) is 12.6 Å². The van der Waals surface area contributed by atoms with Gasteiger partial charge in [-0.05, 0) is 32.8 Å². The second kappa shape index (κ2) is 5.99. The van der Waals surface area contributed by atoms with Gasteiger partial charge in [-0.15, -0.1) is 0 Å². The van der Waals surface area contributed by atoms with E-state index in [0.29, 0.717) is 23.3 Å². The SMILES string of the molecule is CC1CCCC(C)N1NC(=O)c1cnccc1NN. The average molecular weight is 263 g/mol. The number of hydrogen-bond donors (Lipinski definition) is 3. The molecule has 1 aliphatic rings. The summed E-state index contributed by atoms with van der Waals surface area (Å²) in [6.45, 7) is 4.25. The fourth-order valence-electron chi connectivity index (χ4n) is 2.52. The van der Waals surface area contributed by atoms with Crippen molar-refractivity contribution in [3.05, 3.63) is 24.0 Å². The van der Waals surface area contributed by atoms with Gasteiger partial charge in [-0.2, -0.15) is 0 Å². The van der Waals surface area contributed by atoms with Crippen molar-refractivity contribution in [1.82, 2.24) is 15.4 Å². The van der Waals surface area contributed by atoms with Crippen LogP contribution in [0.15, 0.2) is 18.5 Å². The molecule has 2 rings (SSSR count). The summed E-state index contributed by atoms with van der Waals surface area (Å²) in [7, 11) is 0. The van der Waals surface area contributed by atoms with Gasteiger partial charge in [-0.1, -0.05) is 6.42 Å². The average Bonchev–Trinajstić information content (AvgIpc) is 2.42. The lowest BCUT2D eigenvalue weighted by atomic mass is 10.00. The molecule has 2 atom stereocenters. The third-order valence-electron chi connectivity index (χ3n) is 3.65. The van der Waals surface area contributed by atoms with E-state index < -0.39 is 0 Å². The van der Waals surface area contributed by atoms with E-state index >= 15 is 0 Å². The van der Waals surface area contributed by atoms with Crippen LogP contribution in [0.5, 0.6) is 0 Å². The first-order valence-electron chi connectivity index (χ1n) is 6.63. The van der Waals surface area contributed by atoms with Crippen molar-refractivity contribution in [2.24, 2.45) is 5.84 Å². The van der Waals surface area contributed by atoms with Crippen LogP contribution < -0.4 is 16.7 Å². The van der Waals surface area contributed by atoms with Crippen molar-refractivity contribution in [2.75, 3.05) is 5.43 Å². The fraction of sp³-hybridized carbons (Fsp3) is 0.538. The first-order valence-corrected chi connectivity index (χ1v) is 6.63. The summed E-state index contributed by atoms with van der Waals surface area (Å²) < 4.78 is 0. The number of hydrogen-bond acceptors (Lipinski definition) is 5. The number of nitrogens with two attached hydrogens (primary N) is 1. The molecular weight excluding hydrogens is 242 g/mol. The molecule has 1 aromatic heterocycles. The molecule has 1 saturated heterocycles. The van der Waals surface area contributed by atoms with Gasteiger partial charge in [0.05, 0.1) is 11.3 Å². The Morgan fingerprint density at radius 3 is 2.74 bits per heavy atom. The minimum Gasteiger partial charge on any atom is -0.323 e. The Morgan fingerprint density at radius 2 is 2.11 bits per heavy atom. The van der Waals surface area contributed by atoms with Crippen LogP contribution in [0.1, 0.15) is 43.5 Å². The molecule has 0 radical (unpaired) electrons. The Bertz CT molecular complexity index is 440. The Morgan fingerprint density at radius 1 is 1.42 bits per heavy atom. The highest BCUT2D eigenvalue weighted by Crippen LogP contribution is 2.21. The highest BCUT2D eigenvalue weighted by Gasteiger charge is 2.26. The van der Waals surface area contributed by atoms with Crippen molar-refractivity contribution in [1.29, 1.82) is 0 Å². The molecule has 0 spiro atoms. The van der Waals surface area contributed by atoms with Gasteiger partial charge >= 0.3 is 0 Å². The third kappa shape index (κ3) is 3.02.